The summed E-state index contributed by atoms with van der Waals surface area (Å²) in [6, 6.07) is 7.94. The van der Waals surface area contributed by atoms with Crippen molar-refractivity contribution in [2.24, 2.45) is 0 Å². The lowest BCUT2D eigenvalue weighted by Crippen LogP contribution is -2.02. The Hall–Kier alpha value is -2.76. The van der Waals surface area contributed by atoms with Crippen LogP contribution in [0.1, 0.15) is 10.4 Å². The highest BCUT2D eigenvalue weighted by molar-refractivity contribution is 5.96. The van der Waals surface area contributed by atoms with Gasteiger partial charge < -0.3 is 19.3 Å². The molecule has 0 spiro atoms. The number of carboxylic acids is 1. The molecule has 6 heteroatoms. The van der Waals surface area contributed by atoms with Gasteiger partial charge in [0.15, 0.2) is 0 Å². The van der Waals surface area contributed by atoms with Crippen LogP contribution in [-0.2, 0) is 0 Å². The van der Waals surface area contributed by atoms with Crippen molar-refractivity contribution in [3.63, 3.8) is 0 Å². The maximum atomic E-state index is 11.4. The van der Waals surface area contributed by atoms with Gasteiger partial charge in [0.1, 0.15) is 11.5 Å². The van der Waals surface area contributed by atoms with E-state index in [0.29, 0.717) is 28.6 Å². The molecule has 0 bridgehead atoms. The summed E-state index contributed by atoms with van der Waals surface area (Å²) in [4.78, 5) is 15.6. The summed E-state index contributed by atoms with van der Waals surface area (Å²) in [6.45, 7) is 0. The van der Waals surface area contributed by atoms with Gasteiger partial charge in [-0.25, -0.2) is 9.78 Å². The molecule has 0 atom stereocenters. The monoisotopic (exact) mass is 289 g/mol. The molecule has 1 aromatic carbocycles. The van der Waals surface area contributed by atoms with Crippen molar-refractivity contribution in [2.75, 3.05) is 21.3 Å². The maximum Gasteiger partial charge on any atom is 0.336 e. The highest BCUT2D eigenvalue weighted by atomic mass is 16.5. The van der Waals surface area contributed by atoms with Crippen LogP contribution in [0.3, 0.4) is 0 Å². The Labute approximate surface area is 121 Å². The first kappa shape index (κ1) is 14.6. The highest BCUT2D eigenvalue weighted by Gasteiger charge is 2.16. The van der Waals surface area contributed by atoms with E-state index >= 15 is 0 Å². The van der Waals surface area contributed by atoms with E-state index in [-0.39, 0.29) is 5.56 Å². The van der Waals surface area contributed by atoms with Gasteiger partial charge >= 0.3 is 5.97 Å². The fourth-order valence-corrected chi connectivity index (χ4v) is 1.89. The molecule has 0 amide bonds. The number of aromatic nitrogens is 1. The van der Waals surface area contributed by atoms with Crippen molar-refractivity contribution in [2.45, 2.75) is 0 Å². The van der Waals surface area contributed by atoms with E-state index in [9.17, 15) is 9.90 Å². The van der Waals surface area contributed by atoms with Crippen LogP contribution in [0.25, 0.3) is 11.3 Å². The van der Waals surface area contributed by atoms with Gasteiger partial charge in [-0.2, -0.15) is 0 Å². The third-order valence-electron chi connectivity index (χ3n) is 2.95. The predicted octanol–water partition coefficient (Wildman–Crippen LogP) is 2.47. The molecule has 1 heterocycles. The molecule has 110 valence electrons. The third kappa shape index (κ3) is 3.05. The summed E-state index contributed by atoms with van der Waals surface area (Å²) in [6.07, 6.45) is 0. The zero-order valence-corrected chi connectivity index (χ0v) is 11.9. The Bertz CT molecular complexity index is 647. The van der Waals surface area contributed by atoms with Crippen molar-refractivity contribution >= 4 is 5.97 Å². The van der Waals surface area contributed by atoms with Crippen LogP contribution >= 0.6 is 0 Å². The smallest absolute Gasteiger partial charge is 0.336 e. The van der Waals surface area contributed by atoms with Crippen molar-refractivity contribution in [3.8, 4) is 28.6 Å². The molecule has 1 N–H and O–H groups in total. The van der Waals surface area contributed by atoms with E-state index in [1.165, 1.54) is 27.4 Å². The van der Waals surface area contributed by atoms with Crippen molar-refractivity contribution in [1.29, 1.82) is 0 Å². The van der Waals surface area contributed by atoms with Crippen molar-refractivity contribution in [3.05, 3.63) is 35.9 Å². The molecule has 21 heavy (non-hydrogen) atoms. The molecule has 0 saturated carbocycles. The molecule has 0 radical (unpaired) electrons. The molecule has 0 aliphatic carbocycles. The Morgan fingerprint density at radius 1 is 1.00 bits per heavy atom. The van der Waals surface area contributed by atoms with Gasteiger partial charge in [0.2, 0.25) is 5.88 Å². The van der Waals surface area contributed by atoms with Gasteiger partial charge in [-0.05, 0) is 18.2 Å². The quantitative estimate of drug-likeness (QED) is 0.911. The highest BCUT2D eigenvalue weighted by Crippen LogP contribution is 2.31. The van der Waals surface area contributed by atoms with E-state index in [1.807, 2.05) is 0 Å². The Morgan fingerprint density at radius 3 is 2.29 bits per heavy atom. The van der Waals surface area contributed by atoms with Gasteiger partial charge in [-0.1, -0.05) is 0 Å². The minimum absolute atomic E-state index is 0.124. The molecule has 0 saturated heterocycles. The number of hydrogen-bond donors (Lipinski definition) is 1. The second kappa shape index (κ2) is 6.13. The lowest BCUT2D eigenvalue weighted by atomic mass is 10.0. The SMILES string of the molecule is COc1cc(OC)nc(-c2cc(OC)ccc2C(=O)O)c1. The van der Waals surface area contributed by atoms with Crippen LogP contribution in [-0.4, -0.2) is 37.4 Å². The largest absolute Gasteiger partial charge is 0.497 e. The van der Waals surface area contributed by atoms with Crippen molar-refractivity contribution < 1.29 is 24.1 Å². The number of methoxy groups -OCH3 is 3. The fourth-order valence-electron chi connectivity index (χ4n) is 1.89. The lowest BCUT2D eigenvalue weighted by molar-refractivity contribution is 0.0697. The number of pyridine rings is 1. The third-order valence-corrected chi connectivity index (χ3v) is 2.95. The van der Waals surface area contributed by atoms with Crippen LogP contribution in [0.5, 0.6) is 17.4 Å². The number of carbonyl (C=O) groups is 1. The molecule has 2 rings (SSSR count). The number of carboxylic acid groups (broad SMARTS) is 1. The number of rotatable bonds is 5. The molecule has 2 aromatic rings. The first-order valence-electron chi connectivity index (χ1n) is 6.10. The number of benzene rings is 1. The normalized spacial score (nSPS) is 10.0. The standard InChI is InChI=1S/C15H15NO5/c1-19-9-4-5-11(15(17)18)12(6-9)13-7-10(20-2)8-14(16-13)21-3/h4-8H,1-3H3,(H,17,18). The molecule has 6 nitrogen and oxygen atoms in total. The number of hydrogen-bond acceptors (Lipinski definition) is 5. The molecular weight excluding hydrogens is 274 g/mol. The first-order valence-corrected chi connectivity index (χ1v) is 6.10. The summed E-state index contributed by atoms with van der Waals surface area (Å²) in [5.41, 5.74) is 0.986. The summed E-state index contributed by atoms with van der Waals surface area (Å²) in [5, 5.41) is 9.31. The average molecular weight is 289 g/mol. The molecule has 0 unspecified atom stereocenters. The summed E-state index contributed by atoms with van der Waals surface area (Å²) in [5.74, 6) is 0.356. The summed E-state index contributed by atoms with van der Waals surface area (Å²) < 4.78 is 15.4. The topological polar surface area (TPSA) is 77.9 Å². The van der Waals surface area contributed by atoms with Gasteiger partial charge in [-0.15, -0.1) is 0 Å². The van der Waals surface area contributed by atoms with Gasteiger partial charge in [-0.3, -0.25) is 0 Å². The predicted molar refractivity (Wildman–Crippen MR) is 76.3 cm³/mol. The second-order valence-electron chi connectivity index (χ2n) is 4.15. The Balaban J connectivity index is 2.66. The molecule has 0 aliphatic rings. The second-order valence-corrected chi connectivity index (χ2v) is 4.15. The zero-order valence-electron chi connectivity index (χ0n) is 11.9. The summed E-state index contributed by atoms with van der Waals surface area (Å²) in [7, 11) is 4.51. The van der Waals surface area contributed by atoms with E-state index in [4.69, 9.17) is 14.2 Å². The number of ether oxygens (including phenoxy) is 3. The van der Waals surface area contributed by atoms with Gasteiger partial charge in [0.25, 0.3) is 0 Å². The lowest BCUT2D eigenvalue weighted by Gasteiger charge is -2.11. The fraction of sp³-hybridized carbons (Fsp3) is 0.200. The maximum absolute atomic E-state index is 11.4. The van der Waals surface area contributed by atoms with E-state index in [0.717, 1.165) is 0 Å². The van der Waals surface area contributed by atoms with Gasteiger partial charge in [0, 0.05) is 17.7 Å². The van der Waals surface area contributed by atoms with Crippen LogP contribution in [0.15, 0.2) is 30.3 Å². The number of nitrogens with zero attached hydrogens (tertiary/aromatic N) is 1. The average Bonchev–Trinajstić information content (AvgIpc) is 2.53. The van der Waals surface area contributed by atoms with E-state index in [2.05, 4.69) is 4.98 Å². The molecule has 1 aromatic heterocycles. The van der Waals surface area contributed by atoms with E-state index in [1.54, 1.807) is 24.3 Å². The van der Waals surface area contributed by atoms with Crippen molar-refractivity contribution in [1.82, 2.24) is 4.98 Å². The zero-order chi connectivity index (χ0) is 15.4. The molecule has 0 fully saturated rings. The van der Waals surface area contributed by atoms with Crippen LogP contribution in [0.2, 0.25) is 0 Å². The molecule has 0 aliphatic heterocycles. The van der Waals surface area contributed by atoms with Crippen LogP contribution in [0, 0.1) is 0 Å². The minimum atomic E-state index is -1.05. The first-order chi connectivity index (χ1) is 10.1. The minimum Gasteiger partial charge on any atom is -0.497 e. The Morgan fingerprint density at radius 2 is 1.71 bits per heavy atom. The molecular formula is C15H15NO5. The van der Waals surface area contributed by atoms with Crippen LogP contribution < -0.4 is 14.2 Å². The van der Waals surface area contributed by atoms with Gasteiger partial charge in [0.05, 0.1) is 32.6 Å². The summed E-state index contributed by atoms with van der Waals surface area (Å²) >= 11 is 0. The van der Waals surface area contributed by atoms with E-state index < -0.39 is 5.97 Å². The Kier molecular flexibility index (Phi) is 4.27. The van der Waals surface area contributed by atoms with Crippen LogP contribution in [0.4, 0.5) is 0 Å². The number of aromatic carboxylic acids is 1.